The van der Waals surface area contributed by atoms with Crippen molar-refractivity contribution in [2.75, 3.05) is 0 Å². The molecule has 1 unspecified atom stereocenters. The van der Waals surface area contributed by atoms with Gasteiger partial charge in [-0.05, 0) is 37.6 Å². The zero-order valence-corrected chi connectivity index (χ0v) is 12.5. The van der Waals surface area contributed by atoms with Crippen LogP contribution in [0, 0.1) is 0 Å². The van der Waals surface area contributed by atoms with Gasteiger partial charge in [0.15, 0.2) is 5.76 Å². The normalized spacial score (nSPS) is 16.5. The number of carbonyl (C=O) groups excluding carboxylic acids is 1. The summed E-state index contributed by atoms with van der Waals surface area (Å²) in [5.74, 6) is 1.19. The lowest BCUT2D eigenvalue weighted by atomic mass is 10.1. The van der Waals surface area contributed by atoms with Crippen LogP contribution in [0.25, 0.3) is 11.3 Å². The van der Waals surface area contributed by atoms with Crippen LogP contribution in [0.4, 0.5) is 0 Å². The first-order valence-electron chi connectivity index (χ1n) is 7.20. The molecule has 2 heterocycles. The van der Waals surface area contributed by atoms with Gasteiger partial charge < -0.3 is 14.0 Å². The van der Waals surface area contributed by atoms with Crippen LogP contribution in [0.1, 0.15) is 25.1 Å². The average molecular weight is 299 g/mol. The van der Waals surface area contributed by atoms with Gasteiger partial charge in [0.25, 0.3) is 0 Å². The molecule has 5 heteroatoms. The van der Waals surface area contributed by atoms with E-state index in [1.165, 1.54) is 11.6 Å². The van der Waals surface area contributed by atoms with Crippen molar-refractivity contribution in [2.45, 2.75) is 33.0 Å². The minimum atomic E-state index is -0.393. The Labute approximate surface area is 128 Å². The van der Waals surface area contributed by atoms with Gasteiger partial charge in [-0.2, -0.15) is 0 Å². The number of benzene rings is 1. The van der Waals surface area contributed by atoms with Crippen molar-refractivity contribution in [2.24, 2.45) is 0 Å². The lowest BCUT2D eigenvalue weighted by Gasteiger charge is -2.02. The van der Waals surface area contributed by atoms with Crippen LogP contribution in [0.5, 0.6) is 5.75 Å². The van der Waals surface area contributed by atoms with Crippen LogP contribution >= 0.6 is 0 Å². The molecular weight excluding hydrogens is 282 g/mol. The second-order valence-electron chi connectivity index (χ2n) is 5.25. The summed E-state index contributed by atoms with van der Waals surface area (Å²) in [6.45, 7) is 3.90. The highest BCUT2D eigenvalue weighted by Crippen LogP contribution is 2.33. The van der Waals surface area contributed by atoms with E-state index in [4.69, 9.17) is 14.0 Å². The van der Waals surface area contributed by atoms with E-state index in [0.717, 1.165) is 17.7 Å². The van der Waals surface area contributed by atoms with Crippen LogP contribution < -0.4 is 4.74 Å². The maximum atomic E-state index is 11.3. The Balaban J connectivity index is 1.71. The summed E-state index contributed by atoms with van der Waals surface area (Å²) in [6.07, 6.45) is 4.10. The molecule has 0 aliphatic carbocycles. The van der Waals surface area contributed by atoms with Crippen molar-refractivity contribution >= 4 is 5.97 Å². The number of hydrogen-bond donors (Lipinski definition) is 0. The molecule has 1 aliphatic heterocycles. The van der Waals surface area contributed by atoms with E-state index in [1.807, 2.05) is 19.1 Å². The molecule has 0 fully saturated rings. The largest absolute Gasteiger partial charge is 0.490 e. The van der Waals surface area contributed by atoms with Crippen LogP contribution in [-0.2, 0) is 22.6 Å². The molecule has 1 atom stereocenters. The highest BCUT2D eigenvalue weighted by atomic mass is 16.5. The molecule has 0 spiro atoms. The second-order valence-corrected chi connectivity index (χ2v) is 5.25. The molecule has 0 saturated carbocycles. The smallest absolute Gasteiger partial charge is 0.330 e. The SMILES string of the molecule is C/C=C\C(=O)OCc1cc(-c2ccc3c(c2)CC(C)O3)on1. The number of hydrogen-bond acceptors (Lipinski definition) is 5. The summed E-state index contributed by atoms with van der Waals surface area (Å²) >= 11 is 0. The fourth-order valence-corrected chi connectivity index (χ4v) is 2.42. The van der Waals surface area contributed by atoms with Crippen molar-refractivity contribution in [1.29, 1.82) is 0 Å². The highest BCUT2D eigenvalue weighted by molar-refractivity contribution is 5.81. The van der Waals surface area contributed by atoms with Gasteiger partial charge in [0.1, 0.15) is 24.2 Å². The van der Waals surface area contributed by atoms with E-state index in [9.17, 15) is 4.79 Å². The topological polar surface area (TPSA) is 61.6 Å². The zero-order chi connectivity index (χ0) is 15.5. The number of aromatic nitrogens is 1. The first-order chi connectivity index (χ1) is 10.7. The Hall–Kier alpha value is -2.56. The minimum Gasteiger partial charge on any atom is -0.490 e. The average Bonchev–Trinajstić information content (AvgIpc) is 3.09. The van der Waals surface area contributed by atoms with Crippen molar-refractivity contribution < 1.29 is 18.8 Å². The van der Waals surface area contributed by atoms with Gasteiger partial charge in [0, 0.05) is 24.1 Å². The molecule has 1 aliphatic rings. The Kier molecular flexibility index (Phi) is 3.96. The Bertz CT molecular complexity index is 717. The summed E-state index contributed by atoms with van der Waals surface area (Å²) in [5, 5.41) is 3.93. The van der Waals surface area contributed by atoms with Crippen LogP contribution in [0.15, 0.2) is 40.9 Å². The third-order valence-electron chi connectivity index (χ3n) is 3.40. The van der Waals surface area contributed by atoms with Gasteiger partial charge in [-0.1, -0.05) is 11.2 Å². The molecule has 0 N–H and O–H groups in total. The summed E-state index contributed by atoms with van der Waals surface area (Å²) in [4.78, 5) is 11.3. The molecule has 3 rings (SSSR count). The lowest BCUT2D eigenvalue weighted by Crippen LogP contribution is -2.05. The monoisotopic (exact) mass is 299 g/mol. The Morgan fingerprint density at radius 2 is 2.32 bits per heavy atom. The van der Waals surface area contributed by atoms with E-state index in [1.54, 1.807) is 19.1 Å². The molecule has 114 valence electrons. The molecular formula is C17H17NO4. The predicted molar refractivity (Wildman–Crippen MR) is 80.3 cm³/mol. The number of carbonyl (C=O) groups is 1. The molecule has 0 radical (unpaired) electrons. The van der Waals surface area contributed by atoms with Gasteiger partial charge in [0.2, 0.25) is 0 Å². The van der Waals surface area contributed by atoms with Crippen LogP contribution in [0.2, 0.25) is 0 Å². The molecule has 0 saturated heterocycles. The van der Waals surface area contributed by atoms with Crippen LogP contribution in [0.3, 0.4) is 0 Å². The standard InChI is InChI=1S/C17H17NO4/c1-3-4-17(19)20-10-14-9-16(22-18-14)12-5-6-15-13(8-12)7-11(2)21-15/h3-6,8-9,11H,7,10H2,1-2H3/b4-3-. The number of allylic oxidation sites excluding steroid dienone is 1. The molecule has 1 aromatic carbocycles. The second kappa shape index (κ2) is 6.05. The number of fused-ring (bicyclic) bond motifs is 1. The zero-order valence-electron chi connectivity index (χ0n) is 12.5. The first-order valence-corrected chi connectivity index (χ1v) is 7.20. The fraction of sp³-hybridized carbons (Fsp3) is 0.294. The molecule has 2 aromatic rings. The van der Waals surface area contributed by atoms with Crippen molar-refractivity contribution in [1.82, 2.24) is 5.16 Å². The third kappa shape index (κ3) is 3.03. The van der Waals surface area contributed by atoms with E-state index in [-0.39, 0.29) is 12.7 Å². The fourth-order valence-electron chi connectivity index (χ4n) is 2.42. The summed E-state index contributed by atoms with van der Waals surface area (Å²) in [7, 11) is 0. The maximum Gasteiger partial charge on any atom is 0.330 e. The molecule has 22 heavy (non-hydrogen) atoms. The van der Waals surface area contributed by atoms with Crippen molar-refractivity contribution in [3.8, 4) is 17.1 Å². The van der Waals surface area contributed by atoms with Gasteiger partial charge in [-0.3, -0.25) is 0 Å². The summed E-state index contributed by atoms with van der Waals surface area (Å²) < 4.78 is 16.0. The Morgan fingerprint density at radius 1 is 1.45 bits per heavy atom. The summed E-state index contributed by atoms with van der Waals surface area (Å²) in [6, 6.07) is 7.72. The molecule has 0 amide bonds. The number of ether oxygens (including phenoxy) is 2. The van der Waals surface area contributed by atoms with E-state index in [2.05, 4.69) is 11.2 Å². The number of nitrogens with zero attached hydrogens (tertiary/aromatic N) is 1. The predicted octanol–water partition coefficient (Wildman–Crippen LogP) is 3.28. The quantitative estimate of drug-likeness (QED) is 0.640. The van der Waals surface area contributed by atoms with E-state index in [0.29, 0.717) is 11.5 Å². The number of esters is 1. The number of rotatable bonds is 4. The molecule has 5 nitrogen and oxygen atoms in total. The minimum absolute atomic E-state index is 0.0950. The third-order valence-corrected chi connectivity index (χ3v) is 3.40. The first kappa shape index (κ1) is 14.4. The van der Waals surface area contributed by atoms with E-state index < -0.39 is 5.97 Å². The molecule has 1 aromatic heterocycles. The van der Waals surface area contributed by atoms with Gasteiger partial charge >= 0.3 is 5.97 Å². The van der Waals surface area contributed by atoms with Gasteiger partial charge in [0.05, 0.1) is 0 Å². The van der Waals surface area contributed by atoms with E-state index >= 15 is 0 Å². The molecule has 0 bridgehead atoms. The van der Waals surface area contributed by atoms with Crippen LogP contribution in [-0.4, -0.2) is 17.2 Å². The Morgan fingerprint density at radius 3 is 3.14 bits per heavy atom. The summed E-state index contributed by atoms with van der Waals surface area (Å²) in [5.41, 5.74) is 2.69. The highest BCUT2D eigenvalue weighted by Gasteiger charge is 2.20. The van der Waals surface area contributed by atoms with Gasteiger partial charge in [-0.25, -0.2) is 4.79 Å². The lowest BCUT2D eigenvalue weighted by molar-refractivity contribution is -0.139. The van der Waals surface area contributed by atoms with Crippen molar-refractivity contribution in [3.05, 3.63) is 47.7 Å². The van der Waals surface area contributed by atoms with Crippen molar-refractivity contribution in [3.63, 3.8) is 0 Å². The van der Waals surface area contributed by atoms with Gasteiger partial charge in [-0.15, -0.1) is 0 Å². The maximum absolute atomic E-state index is 11.3.